The number of para-hydroxylation sites is 1. The number of benzene rings is 1. The van der Waals surface area contributed by atoms with Crippen LogP contribution in [0, 0.1) is 0 Å². The second-order valence-corrected chi connectivity index (χ2v) is 6.36. The maximum atomic E-state index is 5.53. The van der Waals surface area contributed by atoms with Crippen molar-refractivity contribution in [1.82, 2.24) is 9.55 Å². The zero-order valence-electron chi connectivity index (χ0n) is 12.8. The van der Waals surface area contributed by atoms with Gasteiger partial charge in [0, 0.05) is 23.2 Å². The first-order valence-corrected chi connectivity index (χ1v) is 8.53. The number of pyridine rings is 1. The van der Waals surface area contributed by atoms with E-state index in [0.29, 0.717) is 6.04 Å². The van der Waals surface area contributed by atoms with E-state index in [4.69, 9.17) is 9.73 Å². The Kier molecular flexibility index (Phi) is 3.71. The minimum atomic E-state index is 0.539. The van der Waals surface area contributed by atoms with Gasteiger partial charge in [-0.3, -0.25) is 4.98 Å². The zero-order chi connectivity index (χ0) is 15.6. The highest BCUT2D eigenvalue weighted by molar-refractivity contribution is 7.07. The van der Waals surface area contributed by atoms with E-state index in [0.717, 1.165) is 21.8 Å². The van der Waals surface area contributed by atoms with Gasteiger partial charge in [-0.1, -0.05) is 12.1 Å². The van der Waals surface area contributed by atoms with E-state index in [1.807, 2.05) is 30.3 Å². The lowest BCUT2D eigenvalue weighted by atomic mass is 10.1. The van der Waals surface area contributed by atoms with Crippen molar-refractivity contribution in [2.45, 2.75) is 18.9 Å². The van der Waals surface area contributed by atoms with Crippen LogP contribution in [-0.2, 0) is 0 Å². The molecule has 4 nitrogen and oxygen atoms in total. The Bertz CT molecular complexity index is 879. The molecule has 3 aromatic rings. The summed E-state index contributed by atoms with van der Waals surface area (Å²) in [6.07, 6.45) is 5.97. The molecule has 1 saturated carbocycles. The van der Waals surface area contributed by atoms with Crippen LogP contribution in [0.2, 0.25) is 0 Å². The fourth-order valence-corrected chi connectivity index (χ4v) is 3.65. The Morgan fingerprint density at radius 2 is 2.09 bits per heavy atom. The number of nitrogens with zero attached hydrogens (tertiary/aromatic N) is 3. The lowest BCUT2D eigenvalue weighted by Gasteiger charge is -2.11. The predicted octanol–water partition coefficient (Wildman–Crippen LogP) is 4.19. The summed E-state index contributed by atoms with van der Waals surface area (Å²) < 4.78 is 7.88. The van der Waals surface area contributed by atoms with Crippen molar-refractivity contribution in [3.63, 3.8) is 0 Å². The molecule has 1 fully saturated rings. The van der Waals surface area contributed by atoms with Gasteiger partial charge in [-0.15, -0.1) is 11.3 Å². The molecule has 0 atom stereocenters. The fourth-order valence-electron chi connectivity index (χ4n) is 2.67. The maximum Gasteiger partial charge on any atom is 0.190 e. The van der Waals surface area contributed by atoms with Crippen LogP contribution in [0.4, 0.5) is 5.69 Å². The Balaban J connectivity index is 1.88. The molecule has 0 bridgehead atoms. The van der Waals surface area contributed by atoms with Crippen LogP contribution in [0.25, 0.3) is 11.3 Å². The van der Waals surface area contributed by atoms with Crippen LogP contribution < -0.4 is 9.54 Å². The molecule has 1 aliphatic carbocycles. The molecule has 2 aromatic heterocycles. The Morgan fingerprint density at radius 1 is 1.22 bits per heavy atom. The van der Waals surface area contributed by atoms with Gasteiger partial charge in [0.2, 0.25) is 0 Å². The number of aromatic nitrogens is 2. The molecule has 116 valence electrons. The average molecular weight is 323 g/mol. The van der Waals surface area contributed by atoms with E-state index < -0.39 is 0 Å². The lowest BCUT2D eigenvalue weighted by Crippen LogP contribution is -2.14. The first-order valence-electron chi connectivity index (χ1n) is 7.65. The van der Waals surface area contributed by atoms with E-state index in [1.54, 1.807) is 30.8 Å². The Hall–Kier alpha value is -2.40. The Morgan fingerprint density at radius 3 is 2.83 bits per heavy atom. The average Bonchev–Trinajstić information content (AvgIpc) is 3.36. The fraction of sp³-hybridized carbons (Fsp3) is 0.222. The topological polar surface area (TPSA) is 39.4 Å². The molecule has 0 radical (unpaired) electrons. The first kappa shape index (κ1) is 14.2. The largest absolute Gasteiger partial charge is 0.496 e. The quantitative estimate of drug-likeness (QED) is 0.722. The van der Waals surface area contributed by atoms with Crippen molar-refractivity contribution in [3.05, 3.63) is 59.0 Å². The number of hydrogen-bond donors (Lipinski definition) is 0. The van der Waals surface area contributed by atoms with Crippen molar-refractivity contribution in [2.24, 2.45) is 4.99 Å². The van der Waals surface area contributed by atoms with Gasteiger partial charge in [-0.2, -0.15) is 0 Å². The summed E-state index contributed by atoms with van der Waals surface area (Å²) in [4.78, 5) is 9.94. The number of hydrogen-bond acceptors (Lipinski definition) is 4. The second-order valence-electron chi connectivity index (χ2n) is 5.53. The van der Waals surface area contributed by atoms with Gasteiger partial charge in [0.05, 0.1) is 24.7 Å². The highest BCUT2D eigenvalue weighted by atomic mass is 32.1. The van der Waals surface area contributed by atoms with Crippen molar-refractivity contribution < 1.29 is 4.74 Å². The van der Waals surface area contributed by atoms with Crippen LogP contribution in [0.15, 0.2) is 59.2 Å². The second kappa shape index (κ2) is 6.01. The molecule has 0 spiro atoms. The minimum Gasteiger partial charge on any atom is -0.496 e. The van der Waals surface area contributed by atoms with Crippen molar-refractivity contribution in [2.75, 3.05) is 7.11 Å². The molecule has 0 unspecified atom stereocenters. The van der Waals surface area contributed by atoms with Gasteiger partial charge in [-0.05, 0) is 37.1 Å². The Labute approximate surface area is 138 Å². The first-order chi connectivity index (χ1) is 11.4. The van der Waals surface area contributed by atoms with E-state index in [-0.39, 0.29) is 0 Å². The van der Waals surface area contributed by atoms with Crippen LogP contribution in [0.3, 0.4) is 0 Å². The van der Waals surface area contributed by atoms with E-state index in [2.05, 4.69) is 21.0 Å². The van der Waals surface area contributed by atoms with Crippen molar-refractivity contribution in [3.8, 4) is 17.0 Å². The molecule has 23 heavy (non-hydrogen) atoms. The summed E-state index contributed by atoms with van der Waals surface area (Å²) >= 11 is 1.67. The van der Waals surface area contributed by atoms with E-state index in [1.165, 1.54) is 18.5 Å². The molecule has 1 aliphatic rings. The molecular formula is C18H17N3OS. The van der Waals surface area contributed by atoms with Crippen molar-refractivity contribution in [1.29, 1.82) is 0 Å². The molecule has 5 heteroatoms. The van der Waals surface area contributed by atoms with Gasteiger partial charge >= 0.3 is 0 Å². The van der Waals surface area contributed by atoms with Crippen LogP contribution in [0.1, 0.15) is 18.9 Å². The molecule has 0 N–H and O–H groups in total. The third-order valence-corrected chi connectivity index (χ3v) is 4.75. The van der Waals surface area contributed by atoms with Crippen LogP contribution >= 0.6 is 11.3 Å². The SMILES string of the molecule is COc1ccccc1-c1csc(=Nc2cccnc2)n1C1CC1. The summed E-state index contributed by atoms with van der Waals surface area (Å²) in [5, 5.41) is 2.17. The van der Waals surface area contributed by atoms with Crippen LogP contribution in [0.5, 0.6) is 5.75 Å². The molecule has 1 aromatic carbocycles. The molecular weight excluding hydrogens is 306 g/mol. The predicted molar refractivity (Wildman–Crippen MR) is 92.0 cm³/mol. The van der Waals surface area contributed by atoms with E-state index >= 15 is 0 Å². The summed E-state index contributed by atoms with van der Waals surface area (Å²) in [6, 6.07) is 12.6. The van der Waals surface area contributed by atoms with Gasteiger partial charge in [-0.25, -0.2) is 4.99 Å². The highest BCUT2D eigenvalue weighted by Gasteiger charge is 2.28. The lowest BCUT2D eigenvalue weighted by molar-refractivity contribution is 0.416. The monoisotopic (exact) mass is 323 g/mol. The number of ether oxygens (including phenoxy) is 1. The summed E-state index contributed by atoms with van der Waals surface area (Å²) in [5.41, 5.74) is 3.18. The van der Waals surface area contributed by atoms with Gasteiger partial charge < -0.3 is 9.30 Å². The summed E-state index contributed by atoms with van der Waals surface area (Å²) in [6.45, 7) is 0. The third-order valence-electron chi connectivity index (χ3n) is 3.91. The van der Waals surface area contributed by atoms with Gasteiger partial charge in [0.1, 0.15) is 5.75 Å². The summed E-state index contributed by atoms with van der Waals surface area (Å²) in [7, 11) is 1.72. The molecule has 4 rings (SSSR count). The number of thiazole rings is 1. The summed E-state index contributed by atoms with van der Waals surface area (Å²) in [5.74, 6) is 0.896. The zero-order valence-corrected chi connectivity index (χ0v) is 13.7. The molecule has 0 saturated heterocycles. The molecule has 0 amide bonds. The standard InChI is InChI=1S/C18H17N3OS/c1-22-17-7-3-2-6-15(17)16-12-23-18(21(16)14-8-9-14)20-13-5-4-10-19-11-13/h2-7,10-12,14H,8-9H2,1H3. The van der Waals surface area contributed by atoms with Crippen LogP contribution in [-0.4, -0.2) is 16.7 Å². The minimum absolute atomic E-state index is 0.539. The number of rotatable bonds is 4. The third kappa shape index (κ3) is 2.80. The number of methoxy groups -OCH3 is 1. The molecule has 0 aliphatic heterocycles. The normalized spacial score (nSPS) is 14.9. The maximum absolute atomic E-state index is 5.53. The molecule has 2 heterocycles. The van der Waals surface area contributed by atoms with E-state index in [9.17, 15) is 0 Å². The smallest absolute Gasteiger partial charge is 0.190 e. The highest BCUT2D eigenvalue weighted by Crippen LogP contribution is 2.40. The van der Waals surface area contributed by atoms with Crippen molar-refractivity contribution >= 4 is 17.0 Å². The van der Waals surface area contributed by atoms with Gasteiger partial charge in [0.25, 0.3) is 0 Å². The van der Waals surface area contributed by atoms with Gasteiger partial charge in [0.15, 0.2) is 4.80 Å².